The second-order valence-corrected chi connectivity index (χ2v) is 6.93. The average Bonchev–Trinajstić information content (AvgIpc) is 2.53. The van der Waals surface area contributed by atoms with Gasteiger partial charge in [0.25, 0.3) is 0 Å². The van der Waals surface area contributed by atoms with E-state index in [4.69, 9.17) is 0 Å². The maximum atomic E-state index is 11.9. The molecule has 0 bridgehead atoms. The fraction of sp³-hybridized carbons (Fsp3) is 0.300. The molecule has 0 atom stereocenters. The van der Waals surface area contributed by atoms with E-state index in [1.165, 1.54) is 5.56 Å². The van der Waals surface area contributed by atoms with Crippen LogP contribution in [0.5, 0.6) is 0 Å². The van der Waals surface area contributed by atoms with Crippen molar-refractivity contribution < 1.29 is 9.59 Å². The van der Waals surface area contributed by atoms with Gasteiger partial charge in [-0.05, 0) is 44.4 Å². The summed E-state index contributed by atoms with van der Waals surface area (Å²) in [7, 11) is 0. The Morgan fingerprint density at radius 3 is 2.24 bits per heavy atom. The minimum atomic E-state index is -0.489. The Balaban J connectivity index is 1.92. The smallest absolute Gasteiger partial charge is 0.321 e. The zero-order chi connectivity index (χ0) is 18.3. The maximum Gasteiger partial charge on any atom is 0.321 e. The van der Waals surface area contributed by atoms with Crippen LogP contribution in [0.1, 0.15) is 31.9 Å². The van der Waals surface area contributed by atoms with E-state index in [2.05, 4.69) is 28.1 Å². The zero-order valence-corrected chi connectivity index (χ0v) is 14.9. The number of carbonyl (C=O) groups excluding carboxylic acids is 2. The predicted molar refractivity (Wildman–Crippen MR) is 101 cm³/mol. The Morgan fingerprint density at radius 1 is 0.920 bits per heavy atom. The average molecular weight is 339 g/mol. The number of amides is 3. The van der Waals surface area contributed by atoms with E-state index < -0.39 is 6.03 Å². The number of hydrogen-bond donors (Lipinski definition) is 3. The number of nitrogens with one attached hydrogen (secondary N) is 3. The van der Waals surface area contributed by atoms with Gasteiger partial charge in [-0.1, -0.05) is 48.5 Å². The summed E-state index contributed by atoms with van der Waals surface area (Å²) in [6.45, 7) is 5.60. The van der Waals surface area contributed by atoms with Crippen molar-refractivity contribution in [1.29, 1.82) is 0 Å². The summed E-state index contributed by atoms with van der Waals surface area (Å²) in [5.41, 5.74) is 2.80. The Kier molecular flexibility index (Phi) is 6.17. The van der Waals surface area contributed by atoms with E-state index >= 15 is 0 Å². The van der Waals surface area contributed by atoms with Gasteiger partial charge in [-0.15, -0.1) is 0 Å². The Bertz CT molecular complexity index is 721. The lowest BCUT2D eigenvalue weighted by Crippen LogP contribution is -2.49. The highest BCUT2D eigenvalue weighted by atomic mass is 16.2. The molecule has 0 radical (unpaired) electrons. The molecule has 0 aliphatic carbocycles. The highest BCUT2D eigenvalue weighted by molar-refractivity contribution is 5.96. The van der Waals surface area contributed by atoms with E-state index in [1.807, 2.05) is 63.2 Å². The number of rotatable bonds is 5. The van der Waals surface area contributed by atoms with Gasteiger partial charge in [0.1, 0.15) is 0 Å². The molecule has 0 unspecified atom stereocenters. The van der Waals surface area contributed by atoms with Crippen molar-refractivity contribution in [2.75, 3.05) is 11.9 Å². The second kappa shape index (κ2) is 8.33. The fourth-order valence-corrected chi connectivity index (χ4v) is 2.38. The summed E-state index contributed by atoms with van der Waals surface area (Å²) >= 11 is 0. The van der Waals surface area contributed by atoms with Crippen LogP contribution in [0.15, 0.2) is 54.6 Å². The Hall–Kier alpha value is -2.82. The number of imide groups is 1. The molecule has 2 rings (SSSR count). The molecule has 3 N–H and O–H groups in total. The first-order valence-corrected chi connectivity index (χ1v) is 8.31. The van der Waals surface area contributed by atoms with Crippen molar-refractivity contribution in [2.45, 2.75) is 32.7 Å². The van der Waals surface area contributed by atoms with Crippen LogP contribution in [-0.4, -0.2) is 24.0 Å². The molecular weight excluding hydrogens is 314 g/mol. The zero-order valence-electron chi connectivity index (χ0n) is 14.9. The molecule has 3 amide bonds. The van der Waals surface area contributed by atoms with Gasteiger partial charge in [0, 0.05) is 11.2 Å². The molecule has 25 heavy (non-hydrogen) atoms. The molecule has 2 aromatic carbocycles. The van der Waals surface area contributed by atoms with Gasteiger partial charge >= 0.3 is 6.03 Å². The minimum absolute atomic E-state index is 0.0311. The third-order valence-corrected chi connectivity index (χ3v) is 3.44. The molecule has 5 nitrogen and oxygen atoms in total. The van der Waals surface area contributed by atoms with Crippen LogP contribution >= 0.6 is 0 Å². The first-order chi connectivity index (χ1) is 11.8. The molecule has 0 aliphatic rings. The Morgan fingerprint density at radius 2 is 1.56 bits per heavy atom. The lowest BCUT2D eigenvalue weighted by atomic mass is 10.0. The monoisotopic (exact) mass is 339 g/mol. The van der Waals surface area contributed by atoms with Gasteiger partial charge in [-0.2, -0.15) is 0 Å². The summed E-state index contributed by atoms with van der Waals surface area (Å²) < 4.78 is 0. The second-order valence-electron chi connectivity index (χ2n) is 6.93. The standard InChI is InChI=1S/C20H25N3O2/c1-20(2,3)23-19(25)22-18(24)14-21-17-12-8-7-11-16(17)13-15-9-5-4-6-10-15/h4-12,21H,13-14H2,1-3H3,(H2,22,23,24,25). The third-order valence-electron chi connectivity index (χ3n) is 3.44. The van der Waals surface area contributed by atoms with Gasteiger partial charge in [-0.3, -0.25) is 10.1 Å². The van der Waals surface area contributed by atoms with E-state index in [-0.39, 0.29) is 18.0 Å². The topological polar surface area (TPSA) is 70.2 Å². The number of hydrogen-bond acceptors (Lipinski definition) is 3. The minimum Gasteiger partial charge on any atom is -0.376 e. The number of anilines is 1. The van der Waals surface area contributed by atoms with E-state index in [1.54, 1.807) is 0 Å². The highest BCUT2D eigenvalue weighted by Crippen LogP contribution is 2.18. The van der Waals surface area contributed by atoms with E-state index in [0.717, 1.165) is 17.7 Å². The van der Waals surface area contributed by atoms with Gasteiger partial charge < -0.3 is 10.6 Å². The van der Waals surface area contributed by atoms with Crippen LogP contribution in [0.4, 0.5) is 10.5 Å². The number of para-hydroxylation sites is 1. The molecule has 0 spiro atoms. The normalized spacial score (nSPS) is 10.8. The molecule has 0 fully saturated rings. The first kappa shape index (κ1) is 18.5. The number of urea groups is 1. The van der Waals surface area contributed by atoms with Gasteiger partial charge in [-0.25, -0.2) is 4.79 Å². The summed E-state index contributed by atoms with van der Waals surface area (Å²) in [6.07, 6.45) is 0.774. The van der Waals surface area contributed by atoms with Crippen LogP contribution in [0.2, 0.25) is 0 Å². The predicted octanol–water partition coefficient (Wildman–Crippen LogP) is 3.31. The lowest BCUT2D eigenvalue weighted by molar-refractivity contribution is -0.118. The molecule has 132 valence electrons. The lowest BCUT2D eigenvalue weighted by Gasteiger charge is -2.20. The number of carbonyl (C=O) groups is 2. The van der Waals surface area contributed by atoms with Gasteiger partial charge in [0.2, 0.25) is 5.91 Å². The maximum absolute atomic E-state index is 11.9. The molecule has 0 saturated carbocycles. The summed E-state index contributed by atoms with van der Waals surface area (Å²) in [4.78, 5) is 23.7. The number of benzene rings is 2. The molecule has 0 saturated heterocycles. The van der Waals surface area contributed by atoms with Crippen LogP contribution in [-0.2, 0) is 11.2 Å². The van der Waals surface area contributed by atoms with Crippen LogP contribution in [0.25, 0.3) is 0 Å². The molecule has 0 heterocycles. The molecule has 0 aliphatic heterocycles. The van der Waals surface area contributed by atoms with E-state index in [9.17, 15) is 9.59 Å². The largest absolute Gasteiger partial charge is 0.376 e. The van der Waals surface area contributed by atoms with Crippen LogP contribution in [0, 0.1) is 0 Å². The van der Waals surface area contributed by atoms with Crippen molar-refractivity contribution in [3.63, 3.8) is 0 Å². The SMILES string of the molecule is CC(C)(C)NC(=O)NC(=O)CNc1ccccc1Cc1ccccc1. The van der Waals surface area contributed by atoms with Crippen LogP contribution < -0.4 is 16.0 Å². The van der Waals surface area contributed by atoms with Gasteiger partial charge in [0.05, 0.1) is 6.54 Å². The summed E-state index contributed by atoms with van der Waals surface area (Å²) in [5.74, 6) is -0.378. The van der Waals surface area contributed by atoms with Crippen molar-refractivity contribution in [3.8, 4) is 0 Å². The first-order valence-electron chi connectivity index (χ1n) is 8.31. The van der Waals surface area contributed by atoms with Crippen LogP contribution in [0.3, 0.4) is 0 Å². The summed E-state index contributed by atoms with van der Waals surface area (Å²) in [6, 6.07) is 17.5. The molecular formula is C20H25N3O2. The van der Waals surface area contributed by atoms with Crippen molar-refractivity contribution in [3.05, 3.63) is 65.7 Å². The quantitative estimate of drug-likeness (QED) is 0.783. The summed E-state index contributed by atoms with van der Waals surface area (Å²) in [5, 5.41) is 8.13. The van der Waals surface area contributed by atoms with Crippen molar-refractivity contribution >= 4 is 17.6 Å². The van der Waals surface area contributed by atoms with Crippen molar-refractivity contribution in [1.82, 2.24) is 10.6 Å². The Labute approximate surface area is 148 Å². The van der Waals surface area contributed by atoms with Crippen molar-refractivity contribution in [2.24, 2.45) is 0 Å². The third kappa shape index (κ3) is 6.67. The molecule has 2 aromatic rings. The van der Waals surface area contributed by atoms with E-state index in [0.29, 0.717) is 0 Å². The molecule has 0 aromatic heterocycles. The fourth-order valence-electron chi connectivity index (χ4n) is 2.38. The van der Waals surface area contributed by atoms with Gasteiger partial charge in [0.15, 0.2) is 0 Å². The molecule has 5 heteroatoms. The highest BCUT2D eigenvalue weighted by Gasteiger charge is 2.15.